The van der Waals surface area contributed by atoms with Gasteiger partial charge in [-0.05, 0) is 36.4 Å². The second-order valence-electron chi connectivity index (χ2n) is 4.88. The van der Waals surface area contributed by atoms with E-state index in [-0.39, 0.29) is 5.88 Å². The second kappa shape index (κ2) is 5.62. The van der Waals surface area contributed by atoms with Crippen molar-refractivity contribution in [3.05, 3.63) is 58.6 Å². The highest BCUT2D eigenvalue weighted by molar-refractivity contribution is 6.31. The van der Waals surface area contributed by atoms with E-state index >= 15 is 0 Å². The molecule has 0 atom stereocenters. The van der Waals surface area contributed by atoms with E-state index < -0.39 is 11.7 Å². The number of aromatic nitrogens is 1. The minimum Gasteiger partial charge on any atom is -0.494 e. The predicted octanol–water partition coefficient (Wildman–Crippen LogP) is 5.30. The SMILES string of the molecule is Oc1[nH]c2cc(Cl)ccc2c1C=Nc1ccc(C(F)(F)F)cc1. The van der Waals surface area contributed by atoms with E-state index in [1.807, 2.05) is 0 Å². The molecule has 3 nitrogen and oxygen atoms in total. The molecule has 0 spiro atoms. The largest absolute Gasteiger partial charge is 0.494 e. The summed E-state index contributed by atoms with van der Waals surface area (Å²) in [6, 6.07) is 9.51. The quantitative estimate of drug-likeness (QED) is 0.612. The summed E-state index contributed by atoms with van der Waals surface area (Å²) in [7, 11) is 0. The topological polar surface area (TPSA) is 48.4 Å². The summed E-state index contributed by atoms with van der Waals surface area (Å²) < 4.78 is 37.5. The first-order valence-corrected chi connectivity index (χ1v) is 6.94. The summed E-state index contributed by atoms with van der Waals surface area (Å²) in [6.45, 7) is 0. The number of alkyl halides is 3. The zero-order chi connectivity index (χ0) is 16.6. The van der Waals surface area contributed by atoms with Crippen molar-refractivity contribution in [2.24, 2.45) is 4.99 Å². The van der Waals surface area contributed by atoms with E-state index in [0.29, 0.717) is 27.2 Å². The van der Waals surface area contributed by atoms with Crippen LogP contribution in [-0.2, 0) is 6.18 Å². The third-order valence-electron chi connectivity index (χ3n) is 3.32. The number of fused-ring (bicyclic) bond motifs is 1. The maximum absolute atomic E-state index is 12.5. The number of aliphatic imine (C=N–C) groups is 1. The summed E-state index contributed by atoms with van der Waals surface area (Å²) in [5, 5.41) is 11.1. The van der Waals surface area contributed by atoms with Gasteiger partial charge in [-0.25, -0.2) is 0 Å². The molecule has 2 N–H and O–H groups in total. The van der Waals surface area contributed by atoms with Crippen molar-refractivity contribution in [2.45, 2.75) is 6.18 Å². The molecule has 0 fully saturated rings. The van der Waals surface area contributed by atoms with Crippen molar-refractivity contribution in [3.63, 3.8) is 0 Å². The van der Waals surface area contributed by atoms with Crippen molar-refractivity contribution in [3.8, 4) is 5.88 Å². The molecule has 0 bridgehead atoms. The number of nitrogens with zero attached hydrogens (tertiary/aromatic N) is 1. The normalized spacial score (nSPS) is 12.3. The first-order chi connectivity index (χ1) is 10.8. The summed E-state index contributed by atoms with van der Waals surface area (Å²) in [6.07, 6.45) is -2.98. The molecule has 118 valence electrons. The number of benzene rings is 2. The Morgan fingerprint density at radius 3 is 2.43 bits per heavy atom. The van der Waals surface area contributed by atoms with Crippen LogP contribution in [0.5, 0.6) is 5.88 Å². The number of halogens is 4. The third kappa shape index (κ3) is 3.17. The van der Waals surface area contributed by atoms with E-state index in [2.05, 4.69) is 9.98 Å². The minimum atomic E-state index is -4.38. The van der Waals surface area contributed by atoms with Crippen LogP contribution >= 0.6 is 11.6 Å². The zero-order valence-corrected chi connectivity index (χ0v) is 12.3. The third-order valence-corrected chi connectivity index (χ3v) is 3.55. The molecule has 23 heavy (non-hydrogen) atoms. The van der Waals surface area contributed by atoms with Gasteiger partial charge in [-0.15, -0.1) is 0 Å². The lowest BCUT2D eigenvalue weighted by Gasteiger charge is -2.05. The summed E-state index contributed by atoms with van der Waals surface area (Å²) in [5.74, 6) is -0.0853. The summed E-state index contributed by atoms with van der Waals surface area (Å²) in [4.78, 5) is 6.86. The number of nitrogens with one attached hydrogen (secondary N) is 1. The van der Waals surface area contributed by atoms with Crippen molar-refractivity contribution < 1.29 is 18.3 Å². The van der Waals surface area contributed by atoms with Crippen LogP contribution in [0.15, 0.2) is 47.5 Å². The molecule has 1 aromatic heterocycles. The van der Waals surface area contributed by atoms with E-state index in [1.165, 1.54) is 18.3 Å². The average Bonchev–Trinajstić information content (AvgIpc) is 2.79. The molecule has 0 aliphatic heterocycles. The fraction of sp³-hybridized carbons (Fsp3) is 0.0625. The summed E-state index contributed by atoms with van der Waals surface area (Å²) >= 11 is 5.88. The van der Waals surface area contributed by atoms with Crippen LogP contribution in [0, 0.1) is 0 Å². The fourth-order valence-corrected chi connectivity index (χ4v) is 2.36. The van der Waals surface area contributed by atoms with Crippen molar-refractivity contribution in [2.75, 3.05) is 0 Å². The lowest BCUT2D eigenvalue weighted by atomic mass is 10.2. The number of H-pyrrole nitrogens is 1. The average molecular weight is 339 g/mol. The standard InChI is InChI=1S/C16H10ClF3N2O/c17-10-3-6-12-13(15(23)22-14(12)7-10)8-21-11-4-1-9(2-5-11)16(18,19)20/h1-8,22-23H. The van der Waals surface area contributed by atoms with Crippen LogP contribution in [0.2, 0.25) is 5.02 Å². The Labute approximate surface area is 134 Å². The zero-order valence-electron chi connectivity index (χ0n) is 11.5. The molecule has 0 unspecified atom stereocenters. The van der Waals surface area contributed by atoms with Gasteiger partial charge in [0.1, 0.15) is 0 Å². The van der Waals surface area contributed by atoms with E-state index in [9.17, 15) is 18.3 Å². The Hall–Kier alpha value is -2.47. The Balaban J connectivity index is 1.93. The van der Waals surface area contributed by atoms with E-state index in [0.717, 1.165) is 12.1 Å². The molecule has 3 rings (SSSR count). The number of rotatable bonds is 2. The van der Waals surface area contributed by atoms with E-state index in [1.54, 1.807) is 18.2 Å². The Morgan fingerprint density at radius 1 is 1.09 bits per heavy atom. The molecule has 0 radical (unpaired) electrons. The molecular weight excluding hydrogens is 329 g/mol. The van der Waals surface area contributed by atoms with Crippen LogP contribution in [0.3, 0.4) is 0 Å². The van der Waals surface area contributed by atoms with Gasteiger partial charge in [0, 0.05) is 16.6 Å². The Bertz CT molecular complexity index is 883. The molecule has 1 heterocycles. The van der Waals surface area contributed by atoms with Crippen molar-refractivity contribution in [1.29, 1.82) is 0 Å². The van der Waals surface area contributed by atoms with Crippen LogP contribution in [-0.4, -0.2) is 16.3 Å². The number of hydrogen-bond donors (Lipinski definition) is 2. The predicted molar refractivity (Wildman–Crippen MR) is 83.7 cm³/mol. The monoisotopic (exact) mass is 338 g/mol. The second-order valence-corrected chi connectivity index (χ2v) is 5.32. The molecular formula is C16H10ClF3N2O. The van der Waals surface area contributed by atoms with Gasteiger partial charge in [-0.3, -0.25) is 4.99 Å². The van der Waals surface area contributed by atoms with Gasteiger partial charge in [-0.2, -0.15) is 13.2 Å². The van der Waals surface area contributed by atoms with Gasteiger partial charge in [0.05, 0.1) is 22.3 Å². The molecule has 3 aromatic rings. The van der Waals surface area contributed by atoms with Gasteiger partial charge in [0.2, 0.25) is 0 Å². The van der Waals surface area contributed by atoms with Gasteiger partial charge in [0.25, 0.3) is 0 Å². The number of hydrogen-bond acceptors (Lipinski definition) is 2. The molecule has 0 aliphatic rings. The minimum absolute atomic E-state index is 0.0853. The highest BCUT2D eigenvalue weighted by Crippen LogP contribution is 2.31. The molecule has 7 heteroatoms. The Morgan fingerprint density at radius 2 is 1.78 bits per heavy atom. The van der Waals surface area contributed by atoms with Gasteiger partial charge < -0.3 is 10.1 Å². The van der Waals surface area contributed by atoms with Gasteiger partial charge in [-0.1, -0.05) is 17.7 Å². The molecule has 0 saturated carbocycles. The lowest BCUT2D eigenvalue weighted by molar-refractivity contribution is -0.137. The first-order valence-electron chi connectivity index (χ1n) is 6.56. The van der Waals surface area contributed by atoms with Crippen LogP contribution < -0.4 is 0 Å². The molecule has 2 aromatic carbocycles. The van der Waals surface area contributed by atoms with Gasteiger partial charge in [0.15, 0.2) is 5.88 Å². The fourth-order valence-electron chi connectivity index (χ4n) is 2.18. The smallest absolute Gasteiger partial charge is 0.416 e. The van der Waals surface area contributed by atoms with Crippen LogP contribution in [0.1, 0.15) is 11.1 Å². The van der Waals surface area contributed by atoms with Crippen molar-refractivity contribution in [1.82, 2.24) is 4.98 Å². The maximum Gasteiger partial charge on any atom is 0.416 e. The van der Waals surface area contributed by atoms with Crippen LogP contribution in [0.25, 0.3) is 10.9 Å². The highest BCUT2D eigenvalue weighted by atomic mass is 35.5. The first kappa shape index (κ1) is 15.4. The number of aromatic amines is 1. The maximum atomic E-state index is 12.5. The number of aromatic hydroxyl groups is 1. The van der Waals surface area contributed by atoms with Crippen LogP contribution in [0.4, 0.5) is 18.9 Å². The van der Waals surface area contributed by atoms with Gasteiger partial charge >= 0.3 is 6.18 Å². The van der Waals surface area contributed by atoms with E-state index in [4.69, 9.17) is 11.6 Å². The molecule has 0 saturated heterocycles. The lowest BCUT2D eigenvalue weighted by Crippen LogP contribution is -2.03. The molecule has 0 amide bonds. The highest BCUT2D eigenvalue weighted by Gasteiger charge is 2.29. The molecule has 0 aliphatic carbocycles. The summed E-state index contributed by atoms with van der Waals surface area (Å²) in [5.41, 5.74) is 0.696. The Kier molecular flexibility index (Phi) is 3.77. The van der Waals surface area contributed by atoms with Crippen molar-refractivity contribution >= 4 is 34.4 Å².